The van der Waals surface area contributed by atoms with Gasteiger partial charge in [-0.05, 0) is 30.4 Å². The van der Waals surface area contributed by atoms with E-state index in [4.69, 9.17) is 0 Å². The van der Waals surface area contributed by atoms with E-state index in [9.17, 15) is 5.11 Å². The maximum atomic E-state index is 9.95. The third-order valence-corrected chi connectivity index (χ3v) is 2.35. The summed E-state index contributed by atoms with van der Waals surface area (Å²) in [5.74, 6) is 0.834. The number of para-hydroxylation sites is 1. The molecule has 1 nitrogen and oxygen atoms in total. The molecule has 0 aliphatic heterocycles. The lowest BCUT2D eigenvalue weighted by atomic mass is 9.98. The van der Waals surface area contributed by atoms with Gasteiger partial charge in [0, 0.05) is 0 Å². The summed E-state index contributed by atoms with van der Waals surface area (Å²) < 4.78 is 0. The monoisotopic (exact) mass is 190 g/mol. The van der Waals surface area contributed by atoms with Gasteiger partial charge in [0.05, 0.1) is 0 Å². The van der Waals surface area contributed by atoms with E-state index in [1.165, 1.54) is 0 Å². The Balaban J connectivity index is 3.01. The second kappa shape index (κ2) is 4.85. The highest BCUT2D eigenvalue weighted by Gasteiger charge is 2.08. The van der Waals surface area contributed by atoms with Crippen LogP contribution in [0.15, 0.2) is 30.4 Å². The lowest BCUT2D eigenvalue weighted by Crippen LogP contribution is -1.91. The molecule has 1 heteroatoms. The number of aromatic hydroxyl groups is 1. The molecule has 1 N–H and O–H groups in total. The van der Waals surface area contributed by atoms with E-state index in [0.717, 1.165) is 17.5 Å². The summed E-state index contributed by atoms with van der Waals surface area (Å²) in [6.07, 6.45) is 4.86. The molecular weight excluding hydrogens is 172 g/mol. The fraction of sp³-hybridized carbons (Fsp3) is 0.385. The van der Waals surface area contributed by atoms with E-state index in [0.29, 0.717) is 11.7 Å². The second-order valence-electron chi connectivity index (χ2n) is 3.78. The highest BCUT2D eigenvalue weighted by molar-refractivity contribution is 5.42. The summed E-state index contributed by atoms with van der Waals surface area (Å²) in [6, 6.07) is 5.97. The van der Waals surface area contributed by atoms with E-state index in [2.05, 4.69) is 19.9 Å². The summed E-state index contributed by atoms with van der Waals surface area (Å²) in [6.45, 7) is 6.17. The van der Waals surface area contributed by atoms with Gasteiger partial charge in [0.2, 0.25) is 0 Å². The number of benzene rings is 1. The van der Waals surface area contributed by atoms with Crippen molar-refractivity contribution in [1.82, 2.24) is 0 Å². The van der Waals surface area contributed by atoms with Crippen molar-refractivity contribution >= 4 is 0 Å². The van der Waals surface area contributed by atoms with Crippen molar-refractivity contribution in [3.05, 3.63) is 41.5 Å². The topological polar surface area (TPSA) is 20.2 Å². The summed E-state index contributed by atoms with van der Waals surface area (Å²) in [4.78, 5) is 0. The molecule has 0 fully saturated rings. The summed E-state index contributed by atoms with van der Waals surface area (Å²) >= 11 is 0. The minimum absolute atomic E-state index is 0.376. The molecule has 0 radical (unpaired) electrons. The van der Waals surface area contributed by atoms with Crippen molar-refractivity contribution in [2.45, 2.75) is 33.1 Å². The molecule has 0 amide bonds. The molecule has 14 heavy (non-hydrogen) atoms. The summed E-state index contributed by atoms with van der Waals surface area (Å²) in [5, 5.41) is 9.95. The number of hydrogen-bond acceptors (Lipinski definition) is 1. The van der Waals surface area contributed by atoms with Gasteiger partial charge in [-0.25, -0.2) is 0 Å². The third kappa shape index (κ3) is 2.38. The molecule has 0 saturated heterocycles. The Hall–Kier alpha value is -1.24. The largest absolute Gasteiger partial charge is 0.507 e. The van der Waals surface area contributed by atoms with Gasteiger partial charge in [0.25, 0.3) is 0 Å². The number of rotatable bonds is 3. The molecule has 0 aliphatic carbocycles. The Labute approximate surface area is 86.1 Å². The highest BCUT2D eigenvalue weighted by Crippen LogP contribution is 2.29. The molecule has 0 aromatic heterocycles. The maximum Gasteiger partial charge on any atom is 0.122 e. The second-order valence-corrected chi connectivity index (χ2v) is 3.78. The van der Waals surface area contributed by atoms with Gasteiger partial charge < -0.3 is 5.11 Å². The predicted molar refractivity (Wildman–Crippen MR) is 60.7 cm³/mol. The van der Waals surface area contributed by atoms with Gasteiger partial charge >= 0.3 is 0 Å². The lowest BCUT2D eigenvalue weighted by molar-refractivity contribution is 0.459. The van der Waals surface area contributed by atoms with Crippen molar-refractivity contribution < 1.29 is 5.11 Å². The quantitative estimate of drug-likeness (QED) is 0.721. The lowest BCUT2D eigenvalue weighted by Gasteiger charge is -2.10. The van der Waals surface area contributed by atoms with Crippen LogP contribution in [0.4, 0.5) is 0 Å². The fourth-order valence-electron chi connectivity index (χ4n) is 1.49. The van der Waals surface area contributed by atoms with Gasteiger partial charge in [-0.15, -0.1) is 0 Å². The molecule has 0 bridgehead atoms. The zero-order valence-electron chi connectivity index (χ0n) is 9.12. The van der Waals surface area contributed by atoms with E-state index in [1.54, 1.807) is 0 Å². The van der Waals surface area contributed by atoms with Crippen molar-refractivity contribution in [3.8, 4) is 5.75 Å². The Morgan fingerprint density at radius 2 is 2.07 bits per heavy atom. The van der Waals surface area contributed by atoms with Crippen LogP contribution in [0.3, 0.4) is 0 Å². The van der Waals surface area contributed by atoms with Crippen molar-refractivity contribution in [2.75, 3.05) is 0 Å². The first-order valence-electron chi connectivity index (χ1n) is 5.08. The van der Waals surface area contributed by atoms with Crippen LogP contribution in [0.25, 0.3) is 0 Å². The first-order chi connectivity index (χ1) is 6.66. The average Bonchev–Trinajstić information content (AvgIpc) is 2.16. The van der Waals surface area contributed by atoms with Crippen LogP contribution in [-0.2, 0) is 6.42 Å². The SMILES string of the molecule is C/C=C/Cc1cccc(C(C)C)c1O. The van der Waals surface area contributed by atoms with Gasteiger partial charge in [-0.1, -0.05) is 44.2 Å². The van der Waals surface area contributed by atoms with Crippen LogP contribution in [0.1, 0.15) is 37.8 Å². The molecule has 1 aromatic rings. The molecule has 0 spiro atoms. The van der Waals surface area contributed by atoms with Crippen LogP contribution < -0.4 is 0 Å². The summed E-state index contributed by atoms with van der Waals surface area (Å²) in [5.41, 5.74) is 2.04. The molecule has 76 valence electrons. The Morgan fingerprint density at radius 3 is 2.64 bits per heavy atom. The van der Waals surface area contributed by atoms with Crippen molar-refractivity contribution in [3.63, 3.8) is 0 Å². The molecule has 0 aliphatic rings. The van der Waals surface area contributed by atoms with E-state index < -0.39 is 0 Å². The maximum absolute atomic E-state index is 9.95. The number of hydrogen-bond donors (Lipinski definition) is 1. The van der Waals surface area contributed by atoms with Crippen LogP contribution in [-0.4, -0.2) is 5.11 Å². The number of phenolic OH excluding ortho intramolecular Hbond substituents is 1. The standard InChI is InChI=1S/C13H18O/c1-4-5-7-11-8-6-9-12(10(2)3)13(11)14/h4-6,8-10,14H,7H2,1-3H3/b5-4+. The smallest absolute Gasteiger partial charge is 0.122 e. The fourth-order valence-corrected chi connectivity index (χ4v) is 1.49. The third-order valence-electron chi connectivity index (χ3n) is 2.35. The number of allylic oxidation sites excluding steroid dienone is 2. The van der Waals surface area contributed by atoms with Crippen molar-refractivity contribution in [2.24, 2.45) is 0 Å². The van der Waals surface area contributed by atoms with E-state index in [-0.39, 0.29) is 0 Å². The first-order valence-corrected chi connectivity index (χ1v) is 5.08. The van der Waals surface area contributed by atoms with Crippen LogP contribution in [0, 0.1) is 0 Å². The number of phenols is 1. The molecular formula is C13H18O. The molecule has 0 atom stereocenters. The van der Waals surface area contributed by atoms with Gasteiger partial charge in [-0.3, -0.25) is 0 Å². The predicted octanol–water partition coefficient (Wildman–Crippen LogP) is 3.63. The molecule has 1 rings (SSSR count). The van der Waals surface area contributed by atoms with Crippen LogP contribution in [0.2, 0.25) is 0 Å². The zero-order chi connectivity index (χ0) is 10.6. The summed E-state index contributed by atoms with van der Waals surface area (Å²) in [7, 11) is 0. The van der Waals surface area contributed by atoms with Crippen molar-refractivity contribution in [1.29, 1.82) is 0 Å². The first kappa shape index (κ1) is 10.8. The highest BCUT2D eigenvalue weighted by atomic mass is 16.3. The Kier molecular flexibility index (Phi) is 3.75. The minimum Gasteiger partial charge on any atom is -0.507 e. The molecule has 0 saturated carbocycles. The molecule has 0 heterocycles. The Bertz CT molecular complexity index is 324. The van der Waals surface area contributed by atoms with E-state index >= 15 is 0 Å². The normalized spacial score (nSPS) is 11.4. The Morgan fingerprint density at radius 1 is 1.36 bits per heavy atom. The van der Waals surface area contributed by atoms with Gasteiger partial charge in [-0.2, -0.15) is 0 Å². The van der Waals surface area contributed by atoms with Crippen LogP contribution in [0.5, 0.6) is 5.75 Å². The molecule has 0 unspecified atom stereocenters. The average molecular weight is 190 g/mol. The van der Waals surface area contributed by atoms with E-state index in [1.807, 2.05) is 31.2 Å². The zero-order valence-corrected chi connectivity index (χ0v) is 9.12. The van der Waals surface area contributed by atoms with Gasteiger partial charge in [0.1, 0.15) is 5.75 Å². The van der Waals surface area contributed by atoms with Gasteiger partial charge in [0.15, 0.2) is 0 Å². The molecule has 1 aromatic carbocycles. The minimum atomic E-state index is 0.376. The van der Waals surface area contributed by atoms with Crippen LogP contribution >= 0.6 is 0 Å².